The van der Waals surface area contributed by atoms with Crippen molar-refractivity contribution in [3.05, 3.63) is 70.2 Å². The summed E-state index contributed by atoms with van der Waals surface area (Å²) in [6.45, 7) is 13.4. The minimum Gasteiger partial charge on any atom is -0.492 e. The Kier molecular flexibility index (Phi) is 5.76. The van der Waals surface area contributed by atoms with Crippen LogP contribution in [0.3, 0.4) is 0 Å². The molecule has 0 saturated heterocycles. The van der Waals surface area contributed by atoms with Crippen LogP contribution in [0.2, 0.25) is 0 Å². The molecule has 1 atom stereocenters. The van der Waals surface area contributed by atoms with Gasteiger partial charge < -0.3 is 18.9 Å². The third kappa shape index (κ3) is 4.14. The number of benzene rings is 1. The van der Waals surface area contributed by atoms with Gasteiger partial charge in [0.15, 0.2) is 0 Å². The summed E-state index contributed by atoms with van der Waals surface area (Å²) in [6.07, 6.45) is 6.14. The SMILES string of the molecule is C#[N+]C(C)=CN(C)c1ccc(-c2cn3c(n2)C(c2ccc4c(c2)C(C)(C)CO4)CCC3)nc1OC. The molecule has 2 aromatic heterocycles. The van der Waals surface area contributed by atoms with E-state index in [2.05, 4.69) is 47.7 Å². The summed E-state index contributed by atoms with van der Waals surface area (Å²) >= 11 is 0. The lowest BCUT2D eigenvalue weighted by molar-refractivity contribution is 0.291. The summed E-state index contributed by atoms with van der Waals surface area (Å²) in [6, 6.07) is 10.6. The summed E-state index contributed by atoms with van der Waals surface area (Å²) < 4.78 is 13.8. The van der Waals surface area contributed by atoms with Crippen LogP contribution in [0.5, 0.6) is 11.6 Å². The average molecular weight is 471 g/mol. The Bertz CT molecular complexity index is 1350. The van der Waals surface area contributed by atoms with E-state index in [0.29, 0.717) is 11.6 Å². The van der Waals surface area contributed by atoms with E-state index in [1.54, 1.807) is 7.11 Å². The van der Waals surface area contributed by atoms with Crippen LogP contribution >= 0.6 is 0 Å². The van der Waals surface area contributed by atoms with Crippen LogP contribution in [0.15, 0.2) is 48.4 Å². The van der Waals surface area contributed by atoms with Crippen molar-refractivity contribution >= 4 is 5.69 Å². The molecule has 0 fully saturated rings. The van der Waals surface area contributed by atoms with Crippen molar-refractivity contribution in [3.63, 3.8) is 0 Å². The lowest BCUT2D eigenvalue weighted by atomic mass is 9.83. The summed E-state index contributed by atoms with van der Waals surface area (Å²) in [4.78, 5) is 15.5. The van der Waals surface area contributed by atoms with E-state index in [-0.39, 0.29) is 11.3 Å². The van der Waals surface area contributed by atoms with Gasteiger partial charge in [-0.1, -0.05) is 26.0 Å². The number of anilines is 1. The molecule has 2 aliphatic heterocycles. The first-order valence-electron chi connectivity index (χ1n) is 12.0. The van der Waals surface area contributed by atoms with Crippen LogP contribution in [0, 0.1) is 6.57 Å². The molecule has 4 heterocycles. The Hall–Kier alpha value is -3.79. The number of aryl methyl sites for hydroxylation is 1. The number of pyridine rings is 1. The fourth-order valence-corrected chi connectivity index (χ4v) is 5.05. The molecule has 0 radical (unpaired) electrons. The second-order valence-corrected chi connectivity index (χ2v) is 10.0. The summed E-state index contributed by atoms with van der Waals surface area (Å²) in [7, 11) is 3.54. The molecule has 5 rings (SSSR count). The second kappa shape index (κ2) is 8.77. The molecule has 0 amide bonds. The molecule has 7 nitrogen and oxygen atoms in total. The smallest absolute Gasteiger partial charge is 0.329 e. The third-order valence-corrected chi connectivity index (χ3v) is 6.99. The summed E-state index contributed by atoms with van der Waals surface area (Å²) in [5.41, 5.74) is 5.78. The third-order valence-electron chi connectivity index (χ3n) is 6.99. The molecular weight excluding hydrogens is 438 g/mol. The number of allylic oxidation sites excluding steroid dienone is 1. The van der Waals surface area contributed by atoms with Gasteiger partial charge >= 0.3 is 5.70 Å². The predicted molar refractivity (Wildman–Crippen MR) is 139 cm³/mol. The van der Waals surface area contributed by atoms with Crippen molar-refractivity contribution < 1.29 is 9.47 Å². The largest absolute Gasteiger partial charge is 0.492 e. The fraction of sp³-hybridized carbons (Fsp3) is 0.393. The van der Waals surface area contributed by atoms with Crippen molar-refractivity contribution in [2.45, 2.75) is 51.5 Å². The highest BCUT2D eigenvalue weighted by atomic mass is 16.5. The van der Waals surface area contributed by atoms with Crippen LogP contribution in [0.4, 0.5) is 5.69 Å². The van der Waals surface area contributed by atoms with Gasteiger partial charge in [0.05, 0.1) is 25.6 Å². The maximum Gasteiger partial charge on any atom is 0.329 e. The Morgan fingerprint density at radius 2 is 2.09 bits per heavy atom. The average Bonchev–Trinajstić information content (AvgIpc) is 3.44. The van der Waals surface area contributed by atoms with E-state index < -0.39 is 0 Å². The highest BCUT2D eigenvalue weighted by Gasteiger charge is 2.34. The first-order chi connectivity index (χ1) is 16.8. The van der Waals surface area contributed by atoms with Crippen molar-refractivity contribution in [1.29, 1.82) is 0 Å². The summed E-state index contributed by atoms with van der Waals surface area (Å²) in [5, 5.41) is 0. The van der Waals surface area contributed by atoms with Gasteiger partial charge in [0.2, 0.25) is 5.88 Å². The van der Waals surface area contributed by atoms with Crippen molar-refractivity contribution in [2.75, 3.05) is 25.7 Å². The number of methoxy groups -OCH3 is 1. The number of aromatic nitrogens is 3. The Morgan fingerprint density at radius 3 is 2.86 bits per heavy atom. The number of nitrogens with zero attached hydrogens (tertiary/aromatic N) is 5. The van der Waals surface area contributed by atoms with Gasteiger partial charge in [-0.3, -0.25) is 0 Å². The fourth-order valence-electron chi connectivity index (χ4n) is 5.05. The van der Waals surface area contributed by atoms with Gasteiger partial charge in [-0.15, -0.1) is 0 Å². The maximum absolute atomic E-state index is 5.90. The van der Waals surface area contributed by atoms with Crippen LogP contribution in [0.1, 0.15) is 56.5 Å². The molecule has 7 heteroatoms. The first-order valence-corrected chi connectivity index (χ1v) is 12.0. The molecule has 35 heavy (non-hydrogen) atoms. The maximum atomic E-state index is 5.90. The number of rotatable bonds is 5. The zero-order valence-electron chi connectivity index (χ0n) is 21.1. The Morgan fingerprint density at radius 1 is 1.26 bits per heavy atom. The van der Waals surface area contributed by atoms with E-state index in [4.69, 9.17) is 26.0 Å². The van der Waals surface area contributed by atoms with Crippen LogP contribution in [-0.2, 0) is 12.0 Å². The monoisotopic (exact) mass is 470 g/mol. The molecule has 0 aliphatic carbocycles. The molecule has 180 valence electrons. The van der Waals surface area contributed by atoms with E-state index in [0.717, 1.165) is 54.6 Å². The lowest BCUT2D eigenvalue weighted by Crippen LogP contribution is -2.19. The van der Waals surface area contributed by atoms with Crippen LogP contribution in [-0.4, -0.2) is 35.3 Å². The molecule has 1 aromatic carbocycles. The van der Waals surface area contributed by atoms with Gasteiger partial charge in [0, 0.05) is 43.6 Å². The first kappa shape index (κ1) is 23.0. The number of imidazole rings is 1. The van der Waals surface area contributed by atoms with Crippen molar-refractivity contribution in [2.24, 2.45) is 0 Å². The molecular formula is C28H32N5O2+. The minimum atomic E-state index is 0.0297. The van der Waals surface area contributed by atoms with Crippen molar-refractivity contribution in [1.82, 2.24) is 14.5 Å². The van der Waals surface area contributed by atoms with Crippen LogP contribution in [0.25, 0.3) is 16.2 Å². The molecule has 1 unspecified atom stereocenters. The zero-order valence-corrected chi connectivity index (χ0v) is 21.1. The van der Waals surface area contributed by atoms with E-state index in [1.165, 1.54) is 11.1 Å². The normalized spacial score (nSPS) is 18.3. The predicted octanol–water partition coefficient (Wildman–Crippen LogP) is 5.81. The lowest BCUT2D eigenvalue weighted by Gasteiger charge is -2.25. The highest BCUT2D eigenvalue weighted by molar-refractivity contribution is 5.64. The van der Waals surface area contributed by atoms with Gasteiger partial charge in [-0.2, -0.15) is 0 Å². The minimum absolute atomic E-state index is 0.0297. The van der Waals surface area contributed by atoms with Crippen LogP contribution < -0.4 is 14.4 Å². The van der Waals surface area contributed by atoms with Gasteiger partial charge in [0.25, 0.3) is 6.57 Å². The molecule has 0 bridgehead atoms. The number of fused-ring (bicyclic) bond motifs is 2. The van der Waals surface area contributed by atoms with Gasteiger partial charge in [-0.05, 0) is 41.4 Å². The molecule has 3 aromatic rings. The highest BCUT2D eigenvalue weighted by Crippen LogP contribution is 2.42. The molecule has 0 N–H and O–H groups in total. The topological polar surface area (TPSA) is 56.8 Å². The molecule has 2 aliphatic rings. The molecule has 0 spiro atoms. The second-order valence-electron chi connectivity index (χ2n) is 10.0. The standard InChI is InChI=1S/C28H32N5O2/c1-18(29-4)15-32(5)24-11-10-22(31-27(24)34-6)23-16-33-13-7-8-20(26(33)30-23)19-9-12-25-21(14-19)28(2,3)17-35-25/h4,9-12,14-16,20H,7-8,13,17H2,1-3,5-6H3/q+1. The Balaban J connectivity index is 1.49. The summed E-state index contributed by atoms with van der Waals surface area (Å²) in [5.74, 6) is 2.87. The number of hydrogen-bond acceptors (Lipinski definition) is 5. The zero-order chi connectivity index (χ0) is 24.7. The Labute approximate surface area is 206 Å². The molecule has 0 saturated carbocycles. The van der Waals surface area contributed by atoms with Gasteiger partial charge in [0.1, 0.15) is 23.0 Å². The van der Waals surface area contributed by atoms with Gasteiger partial charge in [-0.25, -0.2) is 9.97 Å². The number of ether oxygens (including phenoxy) is 2. The quantitative estimate of drug-likeness (QED) is 0.471. The van der Waals surface area contributed by atoms with Crippen molar-refractivity contribution in [3.8, 4) is 29.6 Å². The number of hydrogen-bond donors (Lipinski definition) is 0. The van der Waals surface area contributed by atoms with E-state index >= 15 is 0 Å². The van der Waals surface area contributed by atoms with E-state index in [9.17, 15) is 0 Å². The van der Waals surface area contributed by atoms with E-state index in [1.807, 2.05) is 37.2 Å².